The molecule has 0 saturated carbocycles. The summed E-state index contributed by atoms with van der Waals surface area (Å²) in [5.41, 5.74) is 1.46. The number of pyridine rings is 1. The number of aryl methyl sites for hydroxylation is 1. The molecule has 2 aromatic heterocycles. The average molecular weight is 386 g/mol. The van der Waals surface area contributed by atoms with E-state index in [0.717, 1.165) is 5.56 Å². The smallest absolute Gasteiger partial charge is 0.208 e. The van der Waals surface area contributed by atoms with E-state index in [0.29, 0.717) is 15.5 Å². The standard InChI is InChI=1S/C14H10BrClN2O2S/c1-8-2-4-9(5-3-8)21(19,20)13-11(16)7-18-14-12(13)10(15)6-17-14/h2-7H,1H3,(H,17,18). The Morgan fingerprint density at radius 3 is 2.57 bits per heavy atom. The molecule has 0 saturated heterocycles. The zero-order valence-electron chi connectivity index (χ0n) is 10.9. The number of hydrogen-bond donors (Lipinski definition) is 1. The Morgan fingerprint density at radius 2 is 1.90 bits per heavy atom. The van der Waals surface area contributed by atoms with Crippen molar-refractivity contribution in [2.24, 2.45) is 0 Å². The maximum Gasteiger partial charge on any atom is 0.208 e. The molecule has 7 heteroatoms. The van der Waals surface area contributed by atoms with Gasteiger partial charge in [-0.1, -0.05) is 29.3 Å². The monoisotopic (exact) mass is 384 g/mol. The summed E-state index contributed by atoms with van der Waals surface area (Å²) in [5, 5.41) is 0.562. The largest absolute Gasteiger partial charge is 0.345 e. The Balaban J connectivity index is 2.35. The van der Waals surface area contributed by atoms with Crippen LogP contribution >= 0.6 is 27.5 Å². The number of fused-ring (bicyclic) bond motifs is 1. The molecular weight excluding hydrogens is 376 g/mol. The van der Waals surface area contributed by atoms with Gasteiger partial charge >= 0.3 is 0 Å². The number of aromatic amines is 1. The van der Waals surface area contributed by atoms with Crippen molar-refractivity contribution >= 4 is 48.4 Å². The van der Waals surface area contributed by atoms with Crippen LogP contribution in [0.25, 0.3) is 11.0 Å². The molecule has 0 unspecified atom stereocenters. The molecule has 3 rings (SSSR count). The summed E-state index contributed by atoms with van der Waals surface area (Å²) in [5.74, 6) is 0. The van der Waals surface area contributed by atoms with Gasteiger partial charge in [-0.05, 0) is 35.0 Å². The van der Waals surface area contributed by atoms with Crippen LogP contribution in [0.5, 0.6) is 0 Å². The number of nitrogens with one attached hydrogen (secondary N) is 1. The second-order valence-corrected chi connectivity index (χ2v) is 7.76. The highest BCUT2D eigenvalue weighted by atomic mass is 79.9. The van der Waals surface area contributed by atoms with Crippen molar-refractivity contribution in [3.05, 3.63) is 51.7 Å². The van der Waals surface area contributed by atoms with Crippen LogP contribution in [-0.4, -0.2) is 18.4 Å². The lowest BCUT2D eigenvalue weighted by molar-refractivity contribution is 0.597. The second-order valence-electron chi connectivity index (χ2n) is 4.61. The van der Waals surface area contributed by atoms with Crippen molar-refractivity contribution in [3.8, 4) is 0 Å². The molecule has 0 fully saturated rings. The molecule has 0 aliphatic heterocycles. The number of benzene rings is 1. The summed E-state index contributed by atoms with van der Waals surface area (Å²) in [4.78, 5) is 7.27. The number of H-pyrrole nitrogens is 1. The number of sulfone groups is 1. The van der Waals surface area contributed by atoms with E-state index >= 15 is 0 Å². The van der Waals surface area contributed by atoms with Crippen LogP contribution in [0.4, 0.5) is 0 Å². The van der Waals surface area contributed by atoms with E-state index in [1.165, 1.54) is 6.20 Å². The molecule has 21 heavy (non-hydrogen) atoms. The van der Waals surface area contributed by atoms with E-state index in [2.05, 4.69) is 25.9 Å². The van der Waals surface area contributed by atoms with Crippen LogP contribution in [0, 0.1) is 6.92 Å². The maximum atomic E-state index is 12.9. The first-order chi connectivity index (χ1) is 9.91. The van der Waals surface area contributed by atoms with E-state index in [-0.39, 0.29) is 14.8 Å². The van der Waals surface area contributed by atoms with Crippen LogP contribution < -0.4 is 0 Å². The van der Waals surface area contributed by atoms with Crippen molar-refractivity contribution < 1.29 is 8.42 Å². The SMILES string of the molecule is Cc1ccc(S(=O)(=O)c2c(Cl)cnc3[nH]cc(Br)c23)cc1. The van der Waals surface area contributed by atoms with Crippen molar-refractivity contribution in [3.63, 3.8) is 0 Å². The number of hydrogen-bond acceptors (Lipinski definition) is 3. The number of aromatic nitrogens is 2. The third-order valence-corrected chi connectivity index (χ3v) is 6.04. The lowest BCUT2D eigenvalue weighted by atomic mass is 10.2. The van der Waals surface area contributed by atoms with Gasteiger partial charge in [-0.2, -0.15) is 0 Å². The summed E-state index contributed by atoms with van der Waals surface area (Å²) >= 11 is 9.46. The fourth-order valence-electron chi connectivity index (χ4n) is 2.10. The molecule has 0 radical (unpaired) electrons. The van der Waals surface area contributed by atoms with Gasteiger partial charge in [0, 0.05) is 16.9 Å². The quantitative estimate of drug-likeness (QED) is 0.722. The van der Waals surface area contributed by atoms with E-state index in [1.807, 2.05) is 6.92 Å². The lowest BCUT2D eigenvalue weighted by Gasteiger charge is -2.08. The van der Waals surface area contributed by atoms with Gasteiger partial charge in [-0.25, -0.2) is 13.4 Å². The molecular formula is C14H10BrClN2O2S. The first-order valence-electron chi connectivity index (χ1n) is 6.04. The molecule has 0 atom stereocenters. The number of nitrogens with zero attached hydrogens (tertiary/aromatic N) is 1. The van der Waals surface area contributed by atoms with E-state index in [9.17, 15) is 8.42 Å². The molecule has 0 amide bonds. The summed E-state index contributed by atoms with van der Waals surface area (Å²) < 4.78 is 26.4. The topological polar surface area (TPSA) is 62.8 Å². The molecule has 1 N–H and O–H groups in total. The minimum absolute atomic E-state index is 0.0612. The highest BCUT2D eigenvalue weighted by Gasteiger charge is 2.26. The Labute approximate surface area is 135 Å². The van der Waals surface area contributed by atoms with Crippen molar-refractivity contribution in [1.29, 1.82) is 0 Å². The summed E-state index contributed by atoms with van der Waals surface area (Å²) in [7, 11) is -3.73. The zero-order valence-corrected chi connectivity index (χ0v) is 14.1. The average Bonchev–Trinajstić information content (AvgIpc) is 2.80. The van der Waals surface area contributed by atoms with Crippen molar-refractivity contribution in [2.45, 2.75) is 16.7 Å². The predicted molar refractivity (Wildman–Crippen MR) is 85.4 cm³/mol. The van der Waals surface area contributed by atoms with Crippen LogP contribution in [0.3, 0.4) is 0 Å². The summed E-state index contributed by atoms with van der Waals surface area (Å²) in [6.07, 6.45) is 2.98. The molecule has 1 aromatic carbocycles. The third-order valence-electron chi connectivity index (χ3n) is 3.16. The van der Waals surface area contributed by atoms with Crippen LogP contribution in [0.1, 0.15) is 5.56 Å². The third kappa shape index (κ3) is 2.37. The number of halogens is 2. The van der Waals surface area contributed by atoms with E-state index < -0.39 is 9.84 Å². The van der Waals surface area contributed by atoms with Gasteiger partial charge in [0.25, 0.3) is 0 Å². The number of rotatable bonds is 2. The fourth-order valence-corrected chi connectivity index (χ4v) is 4.70. The Bertz CT molecular complexity index is 934. The maximum absolute atomic E-state index is 12.9. The van der Waals surface area contributed by atoms with Crippen LogP contribution in [-0.2, 0) is 9.84 Å². The molecule has 0 spiro atoms. The molecule has 2 heterocycles. The highest BCUT2D eigenvalue weighted by molar-refractivity contribution is 9.10. The Kier molecular flexibility index (Phi) is 3.55. The fraction of sp³-hybridized carbons (Fsp3) is 0.0714. The normalized spacial score (nSPS) is 12.0. The van der Waals surface area contributed by atoms with Gasteiger partial charge in [-0.3, -0.25) is 0 Å². The van der Waals surface area contributed by atoms with Crippen LogP contribution in [0.15, 0.2) is 50.9 Å². The van der Waals surface area contributed by atoms with Gasteiger partial charge in [0.15, 0.2) is 0 Å². The summed E-state index contributed by atoms with van der Waals surface area (Å²) in [6.45, 7) is 1.90. The zero-order chi connectivity index (χ0) is 15.2. The molecule has 0 aliphatic rings. The van der Waals surface area contributed by atoms with E-state index in [4.69, 9.17) is 11.6 Å². The van der Waals surface area contributed by atoms with Gasteiger partial charge in [0.2, 0.25) is 9.84 Å². The highest BCUT2D eigenvalue weighted by Crippen LogP contribution is 2.36. The second kappa shape index (κ2) is 5.12. The summed E-state index contributed by atoms with van der Waals surface area (Å²) in [6, 6.07) is 6.66. The first kappa shape index (κ1) is 14.6. The Hall–Kier alpha value is -1.37. The minimum atomic E-state index is -3.73. The van der Waals surface area contributed by atoms with Crippen LogP contribution in [0.2, 0.25) is 5.02 Å². The molecule has 3 aromatic rings. The van der Waals surface area contributed by atoms with Gasteiger partial charge in [-0.15, -0.1) is 0 Å². The van der Waals surface area contributed by atoms with Gasteiger partial charge < -0.3 is 4.98 Å². The van der Waals surface area contributed by atoms with Gasteiger partial charge in [0.1, 0.15) is 10.5 Å². The molecule has 0 bridgehead atoms. The molecule has 4 nitrogen and oxygen atoms in total. The minimum Gasteiger partial charge on any atom is -0.345 e. The predicted octanol–water partition coefficient (Wildman–Crippen LogP) is 4.12. The van der Waals surface area contributed by atoms with Crippen molar-refractivity contribution in [1.82, 2.24) is 9.97 Å². The molecule has 108 valence electrons. The van der Waals surface area contributed by atoms with E-state index in [1.54, 1.807) is 30.5 Å². The van der Waals surface area contributed by atoms with Crippen molar-refractivity contribution in [2.75, 3.05) is 0 Å². The van der Waals surface area contributed by atoms with Gasteiger partial charge in [0.05, 0.1) is 15.3 Å². The Morgan fingerprint density at radius 1 is 1.24 bits per heavy atom. The lowest BCUT2D eigenvalue weighted by Crippen LogP contribution is -2.04. The molecule has 0 aliphatic carbocycles. The first-order valence-corrected chi connectivity index (χ1v) is 8.69.